The lowest BCUT2D eigenvalue weighted by Gasteiger charge is -2.18. The molecule has 100 valence electrons. The highest BCUT2D eigenvalue weighted by molar-refractivity contribution is 5.80. The number of nitrogens with zero attached hydrogens (tertiary/aromatic N) is 2. The van der Waals surface area contributed by atoms with Crippen LogP contribution in [0.4, 0.5) is 5.95 Å². The Balaban J connectivity index is 2.27. The van der Waals surface area contributed by atoms with E-state index in [-0.39, 0.29) is 5.97 Å². The molecule has 5 nitrogen and oxygen atoms in total. The number of imidazole rings is 1. The maximum Gasteiger partial charge on any atom is 0.333 e. The van der Waals surface area contributed by atoms with Crippen LogP contribution in [-0.2, 0) is 16.1 Å². The SMILES string of the molecule is CCn1ccnc1NC(C(=O)OC)c1ccccc1. The number of nitrogens with one attached hydrogen (secondary N) is 1. The van der Waals surface area contributed by atoms with Crippen molar-refractivity contribution in [1.29, 1.82) is 0 Å². The van der Waals surface area contributed by atoms with Gasteiger partial charge in [-0.05, 0) is 12.5 Å². The van der Waals surface area contributed by atoms with E-state index in [1.165, 1.54) is 7.11 Å². The zero-order chi connectivity index (χ0) is 13.7. The fourth-order valence-corrected chi connectivity index (χ4v) is 1.88. The highest BCUT2D eigenvalue weighted by atomic mass is 16.5. The van der Waals surface area contributed by atoms with Crippen molar-refractivity contribution in [3.05, 3.63) is 48.3 Å². The molecule has 0 amide bonds. The van der Waals surface area contributed by atoms with E-state index >= 15 is 0 Å². The summed E-state index contributed by atoms with van der Waals surface area (Å²) in [7, 11) is 1.38. The first kappa shape index (κ1) is 13.1. The highest BCUT2D eigenvalue weighted by Gasteiger charge is 2.22. The summed E-state index contributed by atoms with van der Waals surface area (Å²) >= 11 is 0. The molecule has 0 spiro atoms. The first-order valence-electron chi connectivity index (χ1n) is 6.16. The molecule has 0 bridgehead atoms. The summed E-state index contributed by atoms with van der Waals surface area (Å²) in [4.78, 5) is 16.1. The molecule has 0 radical (unpaired) electrons. The van der Waals surface area contributed by atoms with Crippen molar-refractivity contribution in [3.63, 3.8) is 0 Å². The monoisotopic (exact) mass is 259 g/mol. The zero-order valence-corrected chi connectivity index (χ0v) is 11.0. The fourth-order valence-electron chi connectivity index (χ4n) is 1.88. The summed E-state index contributed by atoms with van der Waals surface area (Å²) in [6, 6.07) is 8.89. The minimum absolute atomic E-state index is 0.336. The van der Waals surface area contributed by atoms with Gasteiger partial charge in [-0.1, -0.05) is 30.3 Å². The molecule has 0 saturated heterocycles. The first-order chi connectivity index (χ1) is 9.26. The smallest absolute Gasteiger partial charge is 0.333 e. The summed E-state index contributed by atoms with van der Waals surface area (Å²) in [5.41, 5.74) is 0.847. The van der Waals surface area contributed by atoms with Crippen LogP contribution >= 0.6 is 0 Å². The first-order valence-corrected chi connectivity index (χ1v) is 6.16. The second-order valence-corrected chi connectivity index (χ2v) is 4.05. The summed E-state index contributed by atoms with van der Waals surface area (Å²) in [5.74, 6) is 0.318. The quantitative estimate of drug-likeness (QED) is 0.837. The number of hydrogen-bond acceptors (Lipinski definition) is 4. The van der Waals surface area contributed by atoms with Crippen molar-refractivity contribution in [2.24, 2.45) is 0 Å². The van der Waals surface area contributed by atoms with Gasteiger partial charge in [-0.15, -0.1) is 0 Å². The largest absolute Gasteiger partial charge is 0.467 e. The van der Waals surface area contributed by atoms with Gasteiger partial charge in [0.2, 0.25) is 5.95 Å². The van der Waals surface area contributed by atoms with Gasteiger partial charge in [0.05, 0.1) is 7.11 Å². The third-order valence-electron chi connectivity index (χ3n) is 2.90. The second-order valence-electron chi connectivity index (χ2n) is 4.05. The van der Waals surface area contributed by atoms with E-state index in [2.05, 4.69) is 10.3 Å². The van der Waals surface area contributed by atoms with Crippen molar-refractivity contribution < 1.29 is 9.53 Å². The van der Waals surface area contributed by atoms with Crippen LogP contribution in [0.15, 0.2) is 42.7 Å². The van der Waals surface area contributed by atoms with Gasteiger partial charge in [-0.3, -0.25) is 0 Å². The number of esters is 1. The molecule has 0 aliphatic rings. The molecular formula is C14H17N3O2. The van der Waals surface area contributed by atoms with Crippen molar-refractivity contribution in [2.75, 3.05) is 12.4 Å². The molecule has 0 saturated carbocycles. The van der Waals surface area contributed by atoms with Crippen molar-refractivity contribution in [1.82, 2.24) is 9.55 Å². The van der Waals surface area contributed by atoms with Crippen LogP contribution in [-0.4, -0.2) is 22.6 Å². The summed E-state index contributed by atoms with van der Waals surface area (Å²) in [5, 5.41) is 3.12. The van der Waals surface area contributed by atoms with E-state index in [0.717, 1.165) is 12.1 Å². The van der Waals surface area contributed by atoms with E-state index in [1.54, 1.807) is 6.20 Å². The molecule has 1 N–H and O–H groups in total. The number of aryl methyl sites for hydroxylation is 1. The molecule has 5 heteroatoms. The molecule has 2 rings (SSSR count). The molecule has 1 aromatic heterocycles. The van der Waals surface area contributed by atoms with Gasteiger partial charge in [0.1, 0.15) is 0 Å². The summed E-state index contributed by atoms with van der Waals surface area (Å²) in [6.45, 7) is 2.80. The molecular weight excluding hydrogens is 242 g/mol. The van der Waals surface area contributed by atoms with Crippen molar-refractivity contribution in [2.45, 2.75) is 19.5 Å². The second kappa shape index (κ2) is 6.04. The number of methoxy groups -OCH3 is 1. The minimum Gasteiger partial charge on any atom is -0.467 e. The van der Waals surface area contributed by atoms with Gasteiger partial charge >= 0.3 is 5.97 Å². The van der Waals surface area contributed by atoms with Crippen LogP contribution in [0, 0.1) is 0 Å². The van der Waals surface area contributed by atoms with E-state index < -0.39 is 6.04 Å². The normalized spacial score (nSPS) is 11.9. The van der Waals surface area contributed by atoms with Crippen molar-refractivity contribution >= 4 is 11.9 Å². The van der Waals surface area contributed by atoms with Crippen LogP contribution in [0.5, 0.6) is 0 Å². The van der Waals surface area contributed by atoms with Gasteiger partial charge in [-0.2, -0.15) is 0 Å². The fraction of sp³-hybridized carbons (Fsp3) is 0.286. The van der Waals surface area contributed by atoms with E-state index in [9.17, 15) is 4.79 Å². The Kier molecular flexibility index (Phi) is 4.18. The van der Waals surface area contributed by atoms with E-state index in [0.29, 0.717) is 5.95 Å². The number of benzene rings is 1. The molecule has 0 aliphatic heterocycles. The van der Waals surface area contributed by atoms with E-state index in [1.807, 2.05) is 48.0 Å². The molecule has 0 aliphatic carbocycles. The Labute approximate surface area is 112 Å². The lowest BCUT2D eigenvalue weighted by molar-refractivity contribution is -0.141. The number of carbonyl (C=O) groups excluding carboxylic acids is 1. The predicted octanol–water partition coefficient (Wildman–Crippen LogP) is 2.23. The standard InChI is InChI=1S/C14H17N3O2/c1-3-17-10-9-15-14(17)16-12(13(18)19-2)11-7-5-4-6-8-11/h4-10,12H,3H2,1-2H3,(H,15,16). The Morgan fingerprint density at radius 3 is 2.79 bits per heavy atom. The maximum absolute atomic E-state index is 11.9. The van der Waals surface area contributed by atoms with Gasteiger partial charge in [0, 0.05) is 18.9 Å². The molecule has 1 atom stereocenters. The highest BCUT2D eigenvalue weighted by Crippen LogP contribution is 2.19. The predicted molar refractivity (Wildman–Crippen MR) is 72.7 cm³/mol. The van der Waals surface area contributed by atoms with E-state index in [4.69, 9.17) is 4.74 Å². The minimum atomic E-state index is -0.557. The van der Waals surface area contributed by atoms with Crippen LogP contribution in [0.3, 0.4) is 0 Å². The topological polar surface area (TPSA) is 56.2 Å². The Bertz CT molecular complexity index is 537. The van der Waals surface area contributed by atoms with Crippen LogP contribution in [0.25, 0.3) is 0 Å². The van der Waals surface area contributed by atoms with Crippen molar-refractivity contribution in [3.8, 4) is 0 Å². The lowest BCUT2D eigenvalue weighted by Crippen LogP contribution is -2.24. The number of rotatable bonds is 5. The molecule has 1 heterocycles. The Morgan fingerprint density at radius 1 is 1.42 bits per heavy atom. The average molecular weight is 259 g/mol. The molecule has 1 unspecified atom stereocenters. The molecule has 2 aromatic rings. The third-order valence-corrected chi connectivity index (χ3v) is 2.90. The summed E-state index contributed by atoms with van der Waals surface area (Å²) in [6.07, 6.45) is 3.56. The number of anilines is 1. The molecule has 19 heavy (non-hydrogen) atoms. The molecule has 1 aromatic carbocycles. The van der Waals surface area contributed by atoms with Gasteiger partial charge in [0.15, 0.2) is 6.04 Å². The van der Waals surface area contributed by atoms with Gasteiger partial charge in [0.25, 0.3) is 0 Å². The third kappa shape index (κ3) is 2.93. The van der Waals surface area contributed by atoms with Crippen LogP contribution < -0.4 is 5.32 Å². The lowest BCUT2D eigenvalue weighted by atomic mass is 10.1. The zero-order valence-electron chi connectivity index (χ0n) is 11.0. The Hall–Kier alpha value is -2.30. The van der Waals surface area contributed by atoms with Crippen LogP contribution in [0.2, 0.25) is 0 Å². The van der Waals surface area contributed by atoms with Gasteiger partial charge < -0.3 is 14.6 Å². The average Bonchev–Trinajstić information content (AvgIpc) is 2.92. The number of hydrogen-bond donors (Lipinski definition) is 1. The maximum atomic E-state index is 11.9. The number of carbonyl (C=O) groups is 1. The van der Waals surface area contributed by atoms with Crippen LogP contribution in [0.1, 0.15) is 18.5 Å². The number of ether oxygens (including phenoxy) is 1. The number of aromatic nitrogens is 2. The Morgan fingerprint density at radius 2 is 2.16 bits per heavy atom. The van der Waals surface area contributed by atoms with Gasteiger partial charge in [-0.25, -0.2) is 9.78 Å². The summed E-state index contributed by atoms with van der Waals surface area (Å²) < 4.78 is 6.78. The molecule has 0 fully saturated rings.